The normalized spacial score (nSPS) is 22.0. The van der Waals surface area contributed by atoms with E-state index < -0.39 is 40.8 Å². The number of alkyl halides is 1. The van der Waals surface area contributed by atoms with Crippen LogP contribution in [0.1, 0.15) is 115 Å². The van der Waals surface area contributed by atoms with E-state index in [1.54, 1.807) is 11.3 Å². The molecule has 4 N–H and O–H groups in total. The number of ether oxygens (including phenoxy) is 1. The molecule has 5 fully saturated rings. The van der Waals surface area contributed by atoms with Crippen LogP contribution in [0.5, 0.6) is 11.8 Å². The molecule has 16 nitrogen and oxygen atoms in total. The van der Waals surface area contributed by atoms with Gasteiger partial charge in [-0.3, -0.25) is 29.2 Å². The number of ketones is 1. The number of benzene rings is 3. The van der Waals surface area contributed by atoms with Gasteiger partial charge in [-0.25, -0.2) is 18.2 Å². The summed E-state index contributed by atoms with van der Waals surface area (Å²) < 4.78 is 55.0. The highest BCUT2D eigenvalue weighted by molar-refractivity contribution is 7.13. The molecule has 11 rings (SSSR count). The van der Waals surface area contributed by atoms with Crippen molar-refractivity contribution in [2.75, 3.05) is 70.4 Å². The maximum atomic E-state index is 17.1. The Morgan fingerprint density at radius 2 is 1.69 bits per heavy atom. The van der Waals surface area contributed by atoms with Crippen molar-refractivity contribution in [2.24, 2.45) is 17.3 Å². The molecule has 0 saturated carbocycles. The number of aryl methyl sites for hydroxylation is 1. The van der Waals surface area contributed by atoms with Crippen LogP contribution >= 0.6 is 11.3 Å². The van der Waals surface area contributed by atoms with Crippen molar-refractivity contribution in [1.82, 2.24) is 45.3 Å². The topological polar surface area (TPSA) is 189 Å². The number of nitrogens with one attached hydrogen (secondary N) is 2. The second-order valence-corrected chi connectivity index (χ2v) is 26.3. The molecule has 2 bridgehead atoms. The zero-order valence-electron chi connectivity index (χ0n) is 49.2. The number of amides is 2. The first kappa shape index (κ1) is 59.9. The number of aliphatic hydroxyl groups is 1. The first-order valence-corrected chi connectivity index (χ1v) is 31.0. The number of terminal acetylenes is 1. The van der Waals surface area contributed by atoms with Gasteiger partial charge in [-0.15, -0.1) is 17.8 Å². The number of thiazole rings is 1. The molecule has 6 aromatic rings. The third-order valence-electron chi connectivity index (χ3n) is 18.5. The fourth-order valence-corrected chi connectivity index (χ4v) is 14.5. The molecule has 3 aromatic carbocycles. The van der Waals surface area contributed by atoms with Crippen molar-refractivity contribution >= 4 is 56.4 Å². The summed E-state index contributed by atoms with van der Waals surface area (Å²) in [6, 6.07) is 12.8. The molecule has 450 valence electrons. The minimum absolute atomic E-state index is 0.00877. The Kier molecular flexibility index (Phi) is 17.6. The molecule has 20 heteroatoms. The number of nitrogens with zero attached hydrogens (tertiary/aromatic N) is 8. The largest absolute Gasteiger partial charge is 0.508 e. The highest BCUT2D eigenvalue weighted by Crippen LogP contribution is 2.41. The number of fused-ring (bicyclic) bond motifs is 4. The van der Waals surface area contributed by atoms with Crippen molar-refractivity contribution < 1.29 is 42.5 Å². The van der Waals surface area contributed by atoms with Crippen LogP contribution in [0.3, 0.4) is 0 Å². The third-order valence-corrected chi connectivity index (χ3v) is 19.4. The lowest BCUT2D eigenvalue weighted by atomic mass is 9.76. The van der Waals surface area contributed by atoms with Gasteiger partial charge in [0.25, 0.3) is 0 Å². The second kappa shape index (κ2) is 24.9. The van der Waals surface area contributed by atoms with E-state index in [1.165, 1.54) is 35.4 Å². The molecule has 3 aromatic heterocycles. The number of anilines is 1. The molecule has 0 radical (unpaired) electrons. The van der Waals surface area contributed by atoms with Crippen LogP contribution in [-0.4, -0.2) is 158 Å². The monoisotopic (exact) mass is 1180 g/mol. The number of likely N-dealkylation sites (tertiary alicyclic amines) is 3. The predicted molar refractivity (Wildman–Crippen MR) is 323 cm³/mol. The van der Waals surface area contributed by atoms with E-state index in [9.17, 15) is 24.6 Å². The maximum Gasteiger partial charge on any atom is 0.319 e. The van der Waals surface area contributed by atoms with Crippen molar-refractivity contribution in [1.29, 1.82) is 0 Å². The predicted octanol–water partition coefficient (Wildman–Crippen LogP) is 9.32. The van der Waals surface area contributed by atoms with Gasteiger partial charge < -0.3 is 35.4 Å². The van der Waals surface area contributed by atoms with E-state index in [0.717, 1.165) is 60.5 Å². The summed E-state index contributed by atoms with van der Waals surface area (Å²) in [7, 11) is 0. The molecule has 5 aliphatic heterocycles. The number of aromatic nitrogens is 4. The molecular formula is C65H77F3N10O6S. The lowest BCUT2D eigenvalue weighted by Crippen LogP contribution is -2.51. The standard InChI is InChI=1S/C65H77F3N10O6S/c1-7-49-53(66)17-12-43-28-47(80)29-50(55(43)49)57-56(67)58-51(32-69-57)60(77-33-44-13-14-45(34-77)72-44)74-63(73-58)84-27-26-75-22-18-40(19-23-75)31-65(68)20-24-76(25-21-65)35-46(79)15-16-52(64(4,5)6)62(83)78-36-48(81)30-54(78)61(82)71-38(2)41-8-10-42(11-9-41)59-39(3)70-37-85-59/h1,8-12,17,28-29,32,37-38,40,44-45,48,52,54,72,80-81H,13-16,18-27,30-31,33-36H2,2-6H3,(H,71,82)/t38-,44?,45?,48+,52+,54-/m0/s1. The number of halogens is 3. The first-order chi connectivity index (χ1) is 40.7. The number of hydrogen-bond acceptors (Lipinski definition) is 15. The number of phenolic OH excluding ortho intramolecular Hbond substituents is 1. The zero-order chi connectivity index (χ0) is 59.9. The van der Waals surface area contributed by atoms with Gasteiger partial charge in [-0.1, -0.05) is 57.0 Å². The van der Waals surface area contributed by atoms with Crippen molar-refractivity contribution in [3.63, 3.8) is 0 Å². The van der Waals surface area contributed by atoms with Gasteiger partial charge in [-0.05, 0) is 124 Å². The van der Waals surface area contributed by atoms with Crippen LogP contribution in [-0.2, 0) is 14.4 Å². The summed E-state index contributed by atoms with van der Waals surface area (Å²) in [5.41, 5.74) is 2.78. The average Bonchev–Trinajstić information content (AvgIpc) is 1.56. The van der Waals surface area contributed by atoms with E-state index in [1.807, 2.05) is 69.3 Å². The molecule has 5 aliphatic rings. The number of Topliss-reactive ketones (excluding diaryl/α,β-unsaturated/α-hetero) is 1. The van der Waals surface area contributed by atoms with Crippen molar-refractivity contribution in [3.8, 4) is 45.8 Å². The summed E-state index contributed by atoms with van der Waals surface area (Å²) in [6.45, 7) is 14.5. The van der Waals surface area contributed by atoms with E-state index in [4.69, 9.17) is 16.1 Å². The fourth-order valence-electron chi connectivity index (χ4n) is 13.7. The van der Waals surface area contributed by atoms with Crippen molar-refractivity contribution in [2.45, 2.75) is 135 Å². The fraction of sp³-hybridized carbons (Fsp3) is 0.523. The molecule has 8 heterocycles. The molecular weight excluding hydrogens is 1110 g/mol. The summed E-state index contributed by atoms with van der Waals surface area (Å²) in [5.74, 6) is 0.348. The molecule has 85 heavy (non-hydrogen) atoms. The van der Waals surface area contributed by atoms with Crippen LogP contribution in [0.15, 0.2) is 60.2 Å². The van der Waals surface area contributed by atoms with Crippen LogP contribution in [0.25, 0.3) is 43.4 Å². The number of hydrogen-bond donors (Lipinski definition) is 4. The summed E-state index contributed by atoms with van der Waals surface area (Å²) in [5, 5.41) is 29.3. The second-order valence-electron chi connectivity index (χ2n) is 25.5. The number of piperidine rings is 2. The number of carbonyl (C=O) groups is 3. The van der Waals surface area contributed by atoms with Gasteiger partial charge in [0.15, 0.2) is 5.82 Å². The van der Waals surface area contributed by atoms with Gasteiger partial charge in [0.2, 0.25) is 11.8 Å². The number of carbonyl (C=O) groups excluding carboxylic acids is 3. The molecule has 0 spiro atoms. The van der Waals surface area contributed by atoms with Crippen LogP contribution in [0.2, 0.25) is 0 Å². The average molecular weight is 1180 g/mol. The quantitative estimate of drug-likeness (QED) is 0.0596. The molecule has 6 atom stereocenters. The van der Waals surface area contributed by atoms with Gasteiger partial charge in [0, 0.05) is 87.3 Å². The van der Waals surface area contributed by atoms with Crippen LogP contribution in [0.4, 0.5) is 19.0 Å². The minimum Gasteiger partial charge on any atom is -0.508 e. The van der Waals surface area contributed by atoms with Gasteiger partial charge in [0.05, 0.1) is 45.7 Å². The van der Waals surface area contributed by atoms with Gasteiger partial charge in [-0.2, -0.15) is 9.97 Å². The van der Waals surface area contributed by atoms with Crippen LogP contribution in [0, 0.1) is 48.2 Å². The molecule has 0 aliphatic carbocycles. The van der Waals surface area contributed by atoms with E-state index in [0.29, 0.717) is 75.0 Å². The summed E-state index contributed by atoms with van der Waals surface area (Å²) >= 11 is 1.58. The lowest BCUT2D eigenvalue weighted by Gasteiger charge is -2.40. The highest BCUT2D eigenvalue weighted by Gasteiger charge is 2.45. The summed E-state index contributed by atoms with van der Waals surface area (Å²) in [6.07, 6.45) is 11.8. The molecule has 2 amide bonds. The van der Waals surface area contributed by atoms with E-state index in [2.05, 4.69) is 41.3 Å². The minimum atomic E-state index is -1.33. The third kappa shape index (κ3) is 13.2. The highest BCUT2D eigenvalue weighted by atomic mass is 32.1. The Morgan fingerprint density at radius 3 is 2.38 bits per heavy atom. The van der Waals surface area contributed by atoms with Gasteiger partial charge in [0.1, 0.15) is 52.7 Å². The van der Waals surface area contributed by atoms with E-state index >= 15 is 13.2 Å². The Morgan fingerprint density at radius 1 is 0.965 bits per heavy atom. The Balaban J connectivity index is 0.652. The number of phenols is 1. The number of aliphatic hydroxyl groups excluding tert-OH is 1. The lowest BCUT2D eigenvalue weighted by molar-refractivity contribution is -0.145. The zero-order valence-corrected chi connectivity index (χ0v) is 50.0. The number of β-amino-alcohol motifs (C(OH)–C–C–N with tert-alkyl or cyclic N) is 1. The molecule has 5 saturated heterocycles. The van der Waals surface area contributed by atoms with Crippen molar-refractivity contribution in [3.05, 3.63) is 88.7 Å². The SMILES string of the molecule is C#Cc1c(F)ccc2cc(O)cc(-c3ncc4c(N5CC6CCC(C5)N6)nc(OCCN5CCC(CC6(F)CCN(CC(=O)CC[C@H](C(=O)N7C[C@H](O)C[C@H]7C(=O)N[C@@H](C)c7ccc(-c8scnc8C)cc7)C(C)(C)C)CC6)CC5)nc4c3F)c12. The number of pyridine rings is 1. The Hall–Kier alpha value is -6.76. The first-order valence-electron chi connectivity index (χ1n) is 30.1. The van der Waals surface area contributed by atoms with E-state index in [-0.39, 0.29) is 114 Å². The smallest absolute Gasteiger partial charge is 0.319 e. The summed E-state index contributed by atoms with van der Waals surface area (Å²) in [4.78, 5) is 69.2. The number of piperazine rings is 1. The number of rotatable bonds is 18. The maximum absolute atomic E-state index is 17.1. The van der Waals surface area contributed by atoms with Crippen LogP contribution < -0.4 is 20.3 Å². The van der Waals surface area contributed by atoms with Gasteiger partial charge >= 0.3 is 6.01 Å². The number of aromatic hydroxyl groups is 1. The molecule has 2 unspecified atom stereocenters. The Bertz CT molecular complexity index is 3490. The Labute approximate surface area is 499 Å².